The number of hydrogen-bond acceptors (Lipinski definition) is 3. The third kappa shape index (κ3) is 2.87. The molecule has 1 heterocycles. The normalized spacial score (nSPS) is 27.3. The Bertz CT molecular complexity index is 627. The second kappa shape index (κ2) is 5.71. The van der Waals surface area contributed by atoms with E-state index in [1.54, 1.807) is 10.4 Å². The van der Waals surface area contributed by atoms with Gasteiger partial charge < -0.3 is 5.73 Å². The van der Waals surface area contributed by atoms with Crippen molar-refractivity contribution in [2.75, 3.05) is 13.1 Å². The van der Waals surface area contributed by atoms with Crippen LogP contribution < -0.4 is 5.73 Å². The first-order valence-corrected chi connectivity index (χ1v) is 9.30. The zero-order valence-electron chi connectivity index (χ0n) is 12.6. The molecule has 2 N–H and O–H groups in total. The average molecular weight is 308 g/mol. The van der Waals surface area contributed by atoms with E-state index >= 15 is 0 Å². The molecule has 1 aliphatic heterocycles. The van der Waals surface area contributed by atoms with Crippen molar-refractivity contribution in [3.63, 3.8) is 0 Å². The van der Waals surface area contributed by atoms with Gasteiger partial charge in [-0.05, 0) is 61.3 Å². The van der Waals surface area contributed by atoms with Crippen molar-refractivity contribution >= 4 is 10.0 Å². The number of hydrogen-bond donors (Lipinski definition) is 1. The van der Waals surface area contributed by atoms with Crippen LogP contribution >= 0.6 is 0 Å². The summed E-state index contributed by atoms with van der Waals surface area (Å²) < 4.78 is 27.2. The molecular weight excluding hydrogens is 284 g/mol. The summed E-state index contributed by atoms with van der Waals surface area (Å²) >= 11 is 0. The van der Waals surface area contributed by atoms with Gasteiger partial charge in [-0.2, -0.15) is 4.31 Å². The maximum absolute atomic E-state index is 12.8. The van der Waals surface area contributed by atoms with Crippen LogP contribution in [0.5, 0.6) is 0 Å². The maximum Gasteiger partial charge on any atom is 0.243 e. The van der Waals surface area contributed by atoms with Crippen molar-refractivity contribution in [2.24, 2.45) is 11.7 Å². The summed E-state index contributed by atoms with van der Waals surface area (Å²) in [6, 6.07) is 5.78. The molecule has 1 aromatic rings. The predicted molar refractivity (Wildman–Crippen MR) is 83.6 cm³/mol. The Balaban J connectivity index is 1.88. The number of nitrogens with two attached hydrogens (primary N) is 1. The van der Waals surface area contributed by atoms with E-state index in [2.05, 4.69) is 0 Å². The number of piperidine rings is 1. The maximum atomic E-state index is 12.8. The second-order valence-electron chi connectivity index (χ2n) is 6.43. The molecule has 4 nitrogen and oxygen atoms in total. The lowest BCUT2D eigenvalue weighted by Gasteiger charge is -2.34. The number of nitrogens with zero attached hydrogens (tertiary/aromatic N) is 1. The van der Waals surface area contributed by atoms with Gasteiger partial charge in [0.05, 0.1) is 4.90 Å². The molecule has 3 rings (SSSR count). The predicted octanol–water partition coefficient (Wildman–Crippen LogP) is 1.92. The lowest BCUT2D eigenvalue weighted by Crippen LogP contribution is -2.48. The van der Waals surface area contributed by atoms with Crippen molar-refractivity contribution in [3.8, 4) is 0 Å². The van der Waals surface area contributed by atoms with Crippen molar-refractivity contribution in [1.29, 1.82) is 0 Å². The van der Waals surface area contributed by atoms with E-state index in [1.165, 1.54) is 17.5 Å². The van der Waals surface area contributed by atoms with Crippen LogP contribution in [0, 0.1) is 5.92 Å². The zero-order valence-corrected chi connectivity index (χ0v) is 13.4. The van der Waals surface area contributed by atoms with E-state index in [0.717, 1.165) is 25.7 Å². The molecule has 1 saturated heterocycles. The highest BCUT2D eigenvalue weighted by Crippen LogP contribution is 2.27. The first-order chi connectivity index (χ1) is 9.98. The fourth-order valence-electron chi connectivity index (χ4n) is 3.36. The molecule has 1 aliphatic carbocycles. The van der Waals surface area contributed by atoms with Crippen LogP contribution in [0.2, 0.25) is 0 Å². The number of sulfonamides is 1. The van der Waals surface area contributed by atoms with Gasteiger partial charge in [0.15, 0.2) is 0 Å². The summed E-state index contributed by atoms with van der Waals surface area (Å²) in [5.74, 6) is 0.214. The van der Waals surface area contributed by atoms with Crippen LogP contribution in [0.1, 0.15) is 37.3 Å². The first-order valence-electron chi connectivity index (χ1n) is 7.86. The van der Waals surface area contributed by atoms with Crippen molar-refractivity contribution in [2.45, 2.75) is 50.0 Å². The summed E-state index contributed by atoms with van der Waals surface area (Å²) in [5, 5.41) is 0. The second-order valence-corrected chi connectivity index (χ2v) is 8.37. The van der Waals surface area contributed by atoms with Crippen LogP contribution in [-0.4, -0.2) is 31.9 Å². The Labute approximate surface area is 127 Å². The zero-order chi connectivity index (χ0) is 15.0. The first kappa shape index (κ1) is 15.0. The van der Waals surface area contributed by atoms with E-state index in [1.807, 2.05) is 19.1 Å². The number of rotatable bonds is 2. The number of fused-ring (bicyclic) bond motifs is 1. The average Bonchev–Trinajstić information content (AvgIpc) is 2.49. The van der Waals surface area contributed by atoms with Gasteiger partial charge in [0.2, 0.25) is 10.0 Å². The van der Waals surface area contributed by atoms with Gasteiger partial charge in [-0.25, -0.2) is 8.42 Å². The van der Waals surface area contributed by atoms with Crippen LogP contribution in [0.25, 0.3) is 0 Å². The highest BCUT2D eigenvalue weighted by molar-refractivity contribution is 7.89. The molecule has 2 aliphatic rings. The van der Waals surface area contributed by atoms with Gasteiger partial charge in [-0.15, -0.1) is 0 Å². The molecule has 1 aromatic carbocycles. The van der Waals surface area contributed by atoms with Crippen LogP contribution in [-0.2, 0) is 22.9 Å². The molecule has 5 heteroatoms. The molecule has 0 aromatic heterocycles. The van der Waals surface area contributed by atoms with Gasteiger partial charge in [-0.1, -0.05) is 13.0 Å². The van der Waals surface area contributed by atoms with Crippen LogP contribution in [0.15, 0.2) is 23.1 Å². The van der Waals surface area contributed by atoms with Crippen molar-refractivity contribution in [3.05, 3.63) is 29.3 Å². The number of benzene rings is 1. The molecule has 2 atom stereocenters. The Kier molecular flexibility index (Phi) is 4.08. The molecule has 0 bridgehead atoms. The highest BCUT2D eigenvalue weighted by Gasteiger charge is 2.32. The van der Waals surface area contributed by atoms with E-state index in [9.17, 15) is 8.42 Å². The van der Waals surface area contributed by atoms with Crippen molar-refractivity contribution < 1.29 is 8.42 Å². The molecule has 116 valence electrons. The van der Waals surface area contributed by atoms with E-state index in [-0.39, 0.29) is 12.0 Å². The fourth-order valence-corrected chi connectivity index (χ4v) is 4.97. The number of aryl methyl sites for hydroxylation is 2. The Morgan fingerprint density at radius 1 is 1.19 bits per heavy atom. The quantitative estimate of drug-likeness (QED) is 0.908. The highest BCUT2D eigenvalue weighted by atomic mass is 32.2. The lowest BCUT2D eigenvalue weighted by atomic mass is 9.92. The summed E-state index contributed by atoms with van der Waals surface area (Å²) in [6.45, 7) is 3.09. The largest absolute Gasteiger partial charge is 0.327 e. The standard InChI is InChI=1S/C16H24N2O2S/c1-12-11-18(9-8-16(12)17)21(19,20)15-7-6-13-4-2-3-5-14(13)10-15/h6-7,10,12,16H,2-5,8-9,11,17H2,1H3. The minimum Gasteiger partial charge on any atom is -0.327 e. The van der Waals surface area contributed by atoms with Gasteiger partial charge in [0.1, 0.15) is 0 Å². The molecule has 0 radical (unpaired) electrons. The third-order valence-electron chi connectivity index (χ3n) is 4.89. The molecule has 1 fully saturated rings. The molecule has 21 heavy (non-hydrogen) atoms. The summed E-state index contributed by atoms with van der Waals surface area (Å²) in [7, 11) is -3.37. The lowest BCUT2D eigenvalue weighted by molar-refractivity contribution is 0.250. The minimum atomic E-state index is -3.37. The van der Waals surface area contributed by atoms with Gasteiger partial charge in [0, 0.05) is 19.1 Å². The molecule has 0 amide bonds. The Morgan fingerprint density at radius 3 is 2.62 bits per heavy atom. The SMILES string of the molecule is CC1CN(S(=O)(=O)c2ccc3c(c2)CCCC3)CCC1N. The van der Waals surface area contributed by atoms with E-state index in [4.69, 9.17) is 5.73 Å². The van der Waals surface area contributed by atoms with Crippen LogP contribution in [0.3, 0.4) is 0 Å². The molecule has 0 saturated carbocycles. The van der Waals surface area contributed by atoms with E-state index in [0.29, 0.717) is 18.0 Å². The van der Waals surface area contributed by atoms with Crippen molar-refractivity contribution in [1.82, 2.24) is 4.31 Å². The minimum absolute atomic E-state index is 0.111. The Morgan fingerprint density at radius 2 is 1.90 bits per heavy atom. The molecular formula is C16H24N2O2S. The van der Waals surface area contributed by atoms with Gasteiger partial charge >= 0.3 is 0 Å². The topological polar surface area (TPSA) is 63.4 Å². The van der Waals surface area contributed by atoms with Gasteiger partial charge in [-0.3, -0.25) is 0 Å². The van der Waals surface area contributed by atoms with Gasteiger partial charge in [0.25, 0.3) is 0 Å². The third-order valence-corrected chi connectivity index (χ3v) is 6.75. The summed E-state index contributed by atoms with van der Waals surface area (Å²) in [6.07, 6.45) is 5.18. The fraction of sp³-hybridized carbons (Fsp3) is 0.625. The smallest absolute Gasteiger partial charge is 0.243 e. The summed E-state index contributed by atoms with van der Waals surface area (Å²) in [5.41, 5.74) is 8.52. The summed E-state index contributed by atoms with van der Waals surface area (Å²) in [4.78, 5) is 0.450. The Hall–Kier alpha value is -0.910. The monoisotopic (exact) mass is 308 g/mol. The molecule has 2 unspecified atom stereocenters. The van der Waals surface area contributed by atoms with E-state index < -0.39 is 10.0 Å². The van der Waals surface area contributed by atoms with Crippen LogP contribution in [0.4, 0.5) is 0 Å². The molecule has 0 spiro atoms.